The van der Waals surface area contributed by atoms with Gasteiger partial charge in [0, 0.05) is 18.6 Å². The Bertz CT molecular complexity index is 455. The number of Topliss-reactive ketones (excluding diaryl/α,β-unsaturated/α-hetero) is 1. The molecule has 0 saturated heterocycles. The van der Waals surface area contributed by atoms with E-state index in [2.05, 4.69) is 0 Å². The molecule has 0 spiro atoms. The zero-order valence-electron chi connectivity index (χ0n) is 11.9. The number of ketones is 1. The molecule has 0 atom stereocenters. The minimum atomic E-state index is -4.17. The van der Waals surface area contributed by atoms with Gasteiger partial charge < -0.3 is 4.74 Å². The van der Waals surface area contributed by atoms with Gasteiger partial charge in [-0.3, -0.25) is 4.79 Å². The Labute approximate surface area is 116 Å². The first-order chi connectivity index (χ1) is 9.20. The Morgan fingerprint density at radius 2 is 1.70 bits per heavy atom. The SMILES string of the molecule is Cc1cc(C)c(C(=O)COCCCC(F)(F)F)c(C)c1. The average Bonchev–Trinajstić information content (AvgIpc) is 2.25. The summed E-state index contributed by atoms with van der Waals surface area (Å²) >= 11 is 0. The fourth-order valence-electron chi connectivity index (χ4n) is 2.23. The highest BCUT2D eigenvalue weighted by Crippen LogP contribution is 2.21. The maximum atomic E-state index is 12.0. The van der Waals surface area contributed by atoms with E-state index in [1.807, 2.05) is 32.9 Å². The normalized spacial score (nSPS) is 11.7. The fraction of sp³-hybridized carbons (Fsp3) is 0.533. The third-order valence-corrected chi connectivity index (χ3v) is 2.94. The molecule has 5 heteroatoms. The second-order valence-corrected chi connectivity index (χ2v) is 4.97. The van der Waals surface area contributed by atoms with Crippen LogP contribution < -0.4 is 0 Å². The number of carbonyl (C=O) groups excluding carboxylic acids is 1. The van der Waals surface area contributed by atoms with Crippen molar-refractivity contribution in [2.24, 2.45) is 0 Å². The van der Waals surface area contributed by atoms with Crippen molar-refractivity contribution in [3.05, 3.63) is 34.4 Å². The lowest BCUT2D eigenvalue weighted by Gasteiger charge is -2.11. The standard InChI is InChI=1S/C15H19F3O2/c1-10-7-11(2)14(12(3)8-10)13(19)9-20-6-4-5-15(16,17)18/h7-8H,4-6,9H2,1-3H3. The van der Waals surface area contributed by atoms with Crippen molar-refractivity contribution < 1.29 is 22.7 Å². The van der Waals surface area contributed by atoms with E-state index in [-0.39, 0.29) is 25.4 Å². The summed E-state index contributed by atoms with van der Waals surface area (Å²) in [6.07, 6.45) is -5.18. The van der Waals surface area contributed by atoms with Gasteiger partial charge in [-0.25, -0.2) is 0 Å². The first kappa shape index (κ1) is 16.7. The molecule has 1 rings (SSSR count). The number of halogens is 3. The van der Waals surface area contributed by atoms with Crippen LogP contribution in [0, 0.1) is 20.8 Å². The summed E-state index contributed by atoms with van der Waals surface area (Å²) < 4.78 is 40.8. The number of hydrogen-bond donors (Lipinski definition) is 0. The van der Waals surface area contributed by atoms with Crippen LogP contribution in [-0.2, 0) is 4.74 Å². The quantitative estimate of drug-likeness (QED) is 0.580. The topological polar surface area (TPSA) is 26.3 Å². The largest absolute Gasteiger partial charge is 0.389 e. The predicted octanol–water partition coefficient (Wildman–Crippen LogP) is 4.15. The molecule has 0 aliphatic heterocycles. The van der Waals surface area contributed by atoms with Crippen molar-refractivity contribution in [1.82, 2.24) is 0 Å². The van der Waals surface area contributed by atoms with E-state index in [0.717, 1.165) is 16.7 Å². The maximum Gasteiger partial charge on any atom is 0.389 e. The van der Waals surface area contributed by atoms with E-state index in [9.17, 15) is 18.0 Å². The first-order valence-electron chi connectivity index (χ1n) is 6.46. The molecule has 0 aromatic heterocycles. The van der Waals surface area contributed by atoms with Gasteiger partial charge in [-0.2, -0.15) is 13.2 Å². The van der Waals surface area contributed by atoms with Crippen LogP contribution in [-0.4, -0.2) is 25.2 Å². The lowest BCUT2D eigenvalue weighted by atomic mass is 9.97. The number of aryl methyl sites for hydroxylation is 3. The lowest BCUT2D eigenvalue weighted by molar-refractivity contribution is -0.137. The summed E-state index contributed by atoms with van der Waals surface area (Å²) in [7, 11) is 0. The van der Waals surface area contributed by atoms with Gasteiger partial charge in [-0.15, -0.1) is 0 Å². The molecule has 0 unspecified atom stereocenters. The van der Waals surface area contributed by atoms with E-state index in [1.54, 1.807) is 0 Å². The second kappa shape index (κ2) is 6.88. The zero-order valence-corrected chi connectivity index (χ0v) is 11.9. The number of benzene rings is 1. The molecule has 0 aliphatic carbocycles. The zero-order chi connectivity index (χ0) is 15.3. The maximum absolute atomic E-state index is 12.0. The molecule has 0 aliphatic rings. The highest BCUT2D eigenvalue weighted by atomic mass is 19.4. The summed E-state index contributed by atoms with van der Waals surface area (Å²) in [5.41, 5.74) is 3.41. The Kier molecular flexibility index (Phi) is 5.74. The van der Waals surface area contributed by atoms with Crippen LogP contribution >= 0.6 is 0 Å². The van der Waals surface area contributed by atoms with E-state index in [4.69, 9.17) is 4.74 Å². The summed E-state index contributed by atoms with van der Waals surface area (Å²) in [4.78, 5) is 12.0. The summed E-state index contributed by atoms with van der Waals surface area (Å²) in [6.45, 7) is 5.40. The van der Waals surface area contributed by atoms with Gasteiger partial charge in [0.2, 0.25) is 0 Å². The Morgan fingerprint density at radius 1 is 1.15 bits per heavy atom. The molecule has 1 aromatic carbocycles. The van der Waals surface area contributed by atoms with Gasteiger partial charge in [-0.05, 0) is 38.3 Å². The van der Waals surface area contributed by atoms with Crippen LogP contribution in [0.25, 0.3) is 0 Å². The molecular formula is C15H19F3O2. The molecule has 0 radical (unpaired) electrons. The predicted molar refractivity (Wildman–Crippen MR) is 71.1 cm³/mol. The van der Waals surface area contributed by atoms with Crippen molar-refractivity contribution in [2.75, 3.05) is 13.2 Å². The summed E-state index contributed by atoms with van der Waals surface area (Å²) in [6, 6.07) is 3.81. The van der Waals surface area contributed by atoms with Crippen molar-refractivity contribution in [3.63, 3.8) is 0 Å². The molecule has 0 bridgehead atoms. The van der Waals surface area contributed by atoms with Gasteiger partial charge in [-0.1, -0.05) is 17.7 Å². The minimum absolute atomic E-state index is 0.0603. The molecule has 2 nitrogen and oxygen atoms in total. The van der Waals surface area contributed by atoms with Crippen molar-refractivity contribution in [3.8, 4) is 0 Å². The van der Waals surface area contributed by atoms with Crippen LogP contribution in [0.3, 0.4) is 0 Å². The second-order valence-electron chi connectivity index (χ2n) is 4.97. The van der Waals surface area contributed by atoms with E-state index in [0.29, 0.717) is 5.56 Å². The van der Waals surface area contributed by atoms with Crippen LogP contribution in [0.5, 0.6) is 0 Å². The minimum Gasteiger partial charge on any atom is -0.373 e. The smallest absolute Gasteiger partial charge is 0.373 e. The lowest BCUT2D eigenvalue weighted by Crippen LogP contribution is -2.14. The van der Waals surface area contributed by atoms with Gasteiger partial charge >= 0.3 is 6.18 Å². The monoisotopic (exact) mass is 288 g/mol. The molecule has 0 amide bonds. The van der Waals surface area contributed by atoms with Gasteiger partial charge in [0.1, 0.15) is 6.61 Å². The highest BCUT2D eigenvalue weighted by Gasteiger charge is 2.26. The van der Waals surface area contributed by atoms with Crippen molar-refractivity contribution >= 4 is 5.78 Å². The number of carbonyl (C=O) groups is 1. The Balaban J connectivity index is 2.48. The molecule has 1 aromatic rings. The third kappa shape index (κ3) is 5.33. The summed E-state index contributed by atoms with van der Waals surface area (Å²) in [5, 5.41) is 0. The van der Waals surface area contributed by atoms with Gasteiger partial charge in [0.15, 0.2) is 5.78 Å². The average molecular weight is 288 g/mol. The number of ether oxygens (including phenoxy) is 1. The van der Waals surface area contributed by atoms with Crippen LogP contribution in [0.1, 0.15) is 39.9 Å². The molecule has 20 heavy (non-hydrogen) atoms. The summed E-state index contributed by atoms with van der Waals surface area (Å²) in [5.74, 6) is -0.188. The Hall–Kier alpha value is -1.36. The fourth-order valence-corrected chi connectivity index (χ4v) is 2.23. The molecular weight excluding hydrogens is 269 g/mol. The van der Waals surface area contributed by atoms with Crippen molar-refractivity contribution in [2.45, 2.75) is 39.8 Å². The van der Waals surface area contributed by atoms with E-state index >= 15 is 0 Å². The van der Waals surface area contributed by atoms with Crippen LogP contribution in [0.15, 0.2) is 12.1 Å². The number of rotatable bonds is 6. The Morgan fingerprint density at radius 3 is 2.20 bits per heavy atom. The molecule has 0 saturated carbocycles. The van der Waals surface area contributed by atoms with Crippen LogP contribution in [0.2, 0.25) is 0 Å². The third-order valence-electron chi connectivity index (χ3n) is 2.94. The van der Waals surface area contributed by atoms with E-state index < -0.39 is 12.6 Å². The van der Waals surface area contributed by atoms with Gasteiger partial charge in [0.05, 0.1) is 0 Å². The number of hydrogen-bond acceptors (Lipinski definition) is 2. The number of alkyl halides is 3. The first-order valence-corrected chi connectivity index (χ1v) is 6.46. The van der Waals surface area contributed by atoms with Crippen molar-refractivity contribution in [1.29, 1.82) is 0 Å². The van der Waals surface area contributed by atoms with Gasteiger partial charge in [0.25, 0.3) is 0 Å². The molecule has 112 valence electrons. The molecule has 0 fully saturated rings. The highest BCUT2D eigenvalue weighted by molar-refractivity contribution is 5.99. The van der Waals surface area contributed by atoms with E-state index in [1.165, 1.54) is 0 Å². The molecule has 0 heterocycles. The molecule has 0 N–H and O–H groups in total. The van der Waals surface area contributed by atoms with Crippen LogP contribution in [0.4, 0.5) is 13.2 Å².